The molecule has 0 N–H and O–H groups in total. The van der Waals surface area contributed by atoms with Gasteiger partial charge in [-0.1, -0.05) is 0 Å². The Bertz CT molecular complexity index is 721. The van der Waals surface area contributed by atoms with Gasteiger partial charge in [0.1, 0.15) is 5.82 Å². The third kappa shape index (κ3) is 2.69. The van der Waals surface area contributed by atoms with Gasteiger partial charge in [0.25, 0.3) is 5.91 Å². The number of anilines is 2. The van der Waals surface area contributed by atoms with E-state index in [1.807, 2.05) is 24.0 Å². The fourth-order valence-corrected chi connectivity index (χ4v) is 4.20. The Morgan fingerprint density at radius 2 is 1.96 bits per heavy atom. The summed E-state index contributed by atoms with van der Waals surface area (Å²) >= 11 is 1.54. The number of fused-ring (bicyclic) bond motifs is 1. The second-order valence-electron chi connectivity index (χ2n) is 6.05. The Balaban J connectivity index is 1.65. The lowest BCUT2D eigenvalue weighted by Gasteiger charge is -2.25. The van der Waals surface area contributed by atoms with Crippen LogP contribution in [-0.2, 0) is 6.42 Å². The summed E-state index contributed by atoms with van der Waals surface area (Å²) in [6, 6.07) is 3.93. The van der Waals surface area contributed by atoms with Crippen molar-refractivity contribution in [1.29, 1.82) is 0 Å². The first-order chi connectivity index (χ1) is 11.2. The standard InChI is InChI=1S/C16H19N5OS/c1-11-6-7-13(19-18-11)21-10-4-5-12-14(21)17-15(23-12)16(22)20-8-2-3-9-20/h6-7H,2-5,8-10H2,1H3. The number of likely N-dealkylation sites (tertiary alicyclic amines) is 1. The van der Waals surface area contributed by atoms with E-state index in [4.69, 9.17) is 0 Å². The molecular weight excluding hydrogens is 310 g/mol. The number of carbonyl (C=O) groups excluding carboxylic acids is 1. The van der Waals surface area contributed by atoms with E-state index in [-0.39, 0.29) is 5.91 Å². The summed E-state index contributed by atoms with van der Waals surface area (Å²) in [7, 11) is 0. The molecule has 0 aromatic carbocycles. The maximum Gasteiger partial charge on any atom is 0.282 e. The van der Waals surface area contributed by atoms with E-state index in [1.165, 1.54) is 16.2 Å². The average Bonchev–Trinajstić information content (AvgIpc) is 3.24. The highest BCUT2D eigenvalue weighted by atomic mass is 32.1. The molecule has 0 saturated carbocycles. The summed E-state index contributed by atoms with van der Waals surface area (Å²) in [6.07, 6.45) is 4.22. The molecule has 2 aliphatic rings. The zero-order chi connectivity index (χ0) is 15.8. The molecule has 23 heavy (non-hydrogen) atoms. The van der Waals surface area contributed by atoms with E-state index in [9.17, 15) is 4.79 Å². The molecule has 2 aliphatic heterocycles. The Kier molecular flexibility index (Phi) is 3.72. The van der Waals surface area contributed by atoms with Crippen molar-refractivity contribution in [2.24, 2.45) is 0 Å². The number of hydrogen-bond acceptors (Lipinski definition) is 6. The van der Waals surface area contributed by atoms with Crippen LogP contribution >= 0.6 is 11.3 Å². The first kappa shape index (κ1) is 14.6. The van der Waals surface area contributed by atoms with E-state index in [0.717, 1.165) is 62.6 Å². The summed E-state index contributed by atoms with van der Waals surface area (Å²) in [4.78, 5) is 22.4. The van der Waals surface area contributed by atoms with Gasteiger partial charge in [0.15, 0.2) is 10.8 Å². The number of aryl methyl sites for hydroxylation is 2. The van der Waals surface area contributed by atoms with Gasteiger partial charge < -0.3 is 9.80 Å². The maximum absolute atomic E-state index is 12.6. The molecule has 0 atom stereocenters. The van der Waals surface area contributed by atoms with Gasteiger partial charge in [-0.25, -0.2) is 4.98 Å². The summed E-state index contributed by atoms with van der Waals surface area (Å²) in [5, 5.41) is 9.03. The molecule has 1 fully saturated rings. The van der Waals surface area contributed by atoms with Crippen LogP contribution in [0.1, 0.15) is 39.6 Å². The van der Waals surface area contributed by atoms with Gasteiger partial charge in [0.2, 0.25) is 0 Å². The largest absolute Gasteiger partial charge is 0.337 e. The summed E-state index contributed by atoms with van der Waals surface area (Å²) in [6.45, 7) is 4.51. The highest BCUT2D eigenvalue weighted by molar-refractivity contribution is 7.14. The summed E-state index contributed by atoms with van der Waals surface area (Å²) < 4.78 is 0. The average molecular weight is 329 g/mol. The zero-order valence-corrected chi connectivity index (χ0v) is 14.0. The lowest BCUT2D eigenvalue weighted by atomic mass is 10.2. The molecule has 6 nitrogen and oxygen atoms in total. The smallest absolute Gasteiger partial charge is 0.282 e. The van der Waals surface area contributed by atoms with Crippen molar-refractivity contribution in [3.63, 3.8) is 0 Å². The van der Waals surface area contributed by atoms with Crippen LogP contribution in [0.15, 0.2) is 12.1 Å². The minimum Gasteiger partial charge on any atom is -0.337 e. The minimum atomic E-state index is 0.0804. The second-order valence-corrected chi connectivity index (χ2v) is 7.14. The van der Waals surface area contributed by atoms with E-state index in [2.05, 4.69) is 20.1 Å². The van der Waals surface area contributed by atoms with Gasteiger partial charge in [0.05, 0.1) is 5.69 Å². The van der Waals surface area contributed by atoms with Crippen LogP contribution in [-0.4, -0.2) is 45.6 Å². The molecule has 0 unspecified atom stereocenters. The number of carbonyl (C=O) groups is 1. The van der Waals surface area contributed by atoms with Crippen LogP contribution < -0.4 is 4.90 Å². The molecule has 120 valence electrons. The van der Waals surface area contributed by atoms with E-state index >= 15 is 0 Å². The Morgan fingerprint density at radius 1 is 1.13 bits per heavy atom. The number of rotatable bonds is 2. The fraction of sp³-hybridized carbons (Fsp3) is 0.500. The fourth-order valence-electron chi connectivity index (χ4n) is 3.13. The SMILES string of the molecule is Cc1ccc(N2CCCc3sc(C(=O)N4CCCC4)nc32)nn1. The molecule has 1 amide bonds. The molecular formula is C16H19N5OS. The van der Waals surface area contributed by atoms with Crippen LogP contribution in [0.2, 0.25) is 0 Å². The second kappa shape index (κ2) is 5.88. The van der Waals surface area contributed by atoms with E-state index < -0.39 is 0 Å². The van der Waals surface area contributed by atoms with Gasteiger partial charge in [0, 0.05) is 24.5 Å². The number of hydrogen-bond donors (Lipinski definition) is 0. The predicted molar refractivity (Wildman–Crippen MR) is 89.3 cm³/mol. The Labute approximate surface area is 139 Å². The molecule has 4 rings (SSSR count). The predicted octanol–water partition coefficient (Wildman–Crippen LogP) is 2.56. The molecule has 2 aromatic rings. The van der Waals surface area contributed by atoms with Gasteiger partial charge in [-0.15, -0.1) is 16.4 Å². The van der Waals surface area contributed by atoms with E-state index in [1.54, 1.807) is 0 Å². The van der Waals surface area contributed by atoms with Crippen molar-refractivity contribution in [2.75, 3.05) is 24.5 Å². The van der Waals surface area contributed by atoms with Crippen molar-refractivity contribution in [3.05, 3.63) is 27.7 Å². The van der Waals surface area contributed by atoms with Crippen LogP contribution in [0, 0.1) is 6.92 Å². The molecule has 1 saturated heterocycles. The van der Waals surface area contributed by atoms with Crippen molar-refractivity contribution in [3.8, 4) is 0 Å². The molecule has 0 aliphatic carbocycles. The lowest BCUT2D eigenvalue weighted by molar-refractivity contribution is 0.0792. The number of thiazole rings is 1. The van der Waals surface area contributed by atoms with Gasteiger partial charge in [-0.05, 0) is 44.7 Å². The van der Waals surface area contributed by atoms with Gasteiger partial charge >= 0.3 is 0 Å². The summed E-state index contributed by atoms with van der Waals surface area (Å²) in [5.41, 5.74) is 0.897. The molecule has 4 heterocycles. The Hall–Kier alpha value is -2.02. The lowest BCUT2D eigenvalue weighted by Crippen LogP contribution is -2.28. The quantitative estimate of drug-likeness (QED) is 0.847. The van der Waals surface area contributed by atoms with Crippen LogP contribution in [0.4, 0.5) is 11.6 Å². The van der Waals surface area contributed by atoms with Crippen molar-refractivity contribution in [1.82, 2.24) is 20.1 Å². The van der Waals surface area contributed by atoms with Gasteiger partial charge in [-0.2, -0.15) is 5.10 Å². The molecule has 0 spiro atoms. The molecule has 0 bridgehead atoms. The molecule has 2 aromatic heterocycles. The third-order valence-electron chi connectivity index (χ3n) is 4.35. The minimum absolute atomic E-state index is 0.0804. The number of amides is 1. The monoisotopic (exact) mass is 329 g/mol. The first-order valence-corrected chi connectivity index (χ1v) is 8.91. The number of nitrogens with zero attached hydrogens (tertiary/aromatic N) is 5. The van der Waals surface area contributed by atoms with Crippen LogP contribution in [0.5, 0.6) is 0 Å². The van der Waals surface area contributed by atoms with Crippen molar-refractivity contribution >= 4 is 28.9 Å². The molecule has 0 radical (unpaired) electrons. The van der Waals surface area contributed by atoms with Crippen molar-refractivity contribution < 1.29 is 4.79 Å². The molecule has 7 heteroatoms. The Morgan fingerprint density at radius 3 is 2.70 bits per heavy atom. The highest BCUT2D eigenvalue weighted by Gasteiger charge is 2.28. The maximum atomic E-state index is 12.6. The third-order valence-corrected chi connectivity index (χ3v) is 5.45. The van der Waals surface area contributed by atoms with Gasteiger partial charge in [-0.3, -0.25) is 4.79 Å². The normalized spacial score (nSPS) is 17.4. The topological polar surface area (TPSA) is 62.2 Å². The van der Waals surface area contributed by atoms with Crippen LogP contribution in [0.25, 0.3) is 0 Å². The van der Waals surface area contributed by atoms with E-state index in [0.29, 0.717) is 5.01 Å². The van der Waals surface area contributed by atoms with Crippen LogP contribution in [0.3, 0.4) is 0 Å². The van der Waals surface area contributed by atoms with Crippen molar-refractivity contribution in [2.45, 2.75) is 32.6 Å². The zero-order valence-electron chi connectivity index (χ0n) is 13.2. The summed E-state index contributed by atoms with van der Waals surface area (Å²) in [5.74, 6) is 1.78. The first-order valence-electron chi connectivity index (χ1n) is 8.09. The highest BCUT2D eigenvalue weighted by Crippen LogP contribution is 2.36. The number of aromatic nitrogens is 3.